The average molecular weight is 253 g/mol. The summed E-state index contributed by atoms with van der Waals surface area (Å²) in [6.45, 7) is 0. The molecule has 0 fully saturated rings. The van der Waals surface area contributed by atoms with Gasteiger partial charge in [0, 0.05) is 10.9 Å². The summed E-state index contributed by atoms with van der Waals surface area (Å²) in [5, 5.41) is 0.748. The van der Waals surface area contributed by atoms with Crippen LogP contribution >= 0.6 is 0 Å². The van der Waals surface area contributed by atoms with Gasteiger partial charge in [0.15, 0.2) is 0 Å². The van der Waals surface area contributed by atoms with E-state index in [2.05, 4.69) is 10.4 Å². The maximum atomic E-state index is 13.7. The van der Waals surface area contributed by atoms with Gasteiger partial charge in [-0.1, -0.05) is 42.5 Å². The molecule has 0 unspecified atom stereocenters. The van der Waals surface area contributed by atoms with Gasteiger partial charge >= 0.3 is 0 Å². The van der Waals surface area contributed by atoms with E-state index in [0.29, 0.717) is 11.3 Å². The maximum absolute atomic E-state index is 13.7. The van der Waals surface area contributed by atoms with Crippen LogP contribution in [-0.4, -0.2) is 4.98 Å². The van der Waals surface area contributed by atoms with E-state index in [9.17, 15) is 4.39 Å². The second kappa shape index (κ2) is 4.66. The van der Waals surface area contributed by atoms with Crippen LogP contribution in [0.4, 0.5) is 10.2 Å². The lowest BCUT2D eigenvalue weighted by Gasteiger charge is -2.10. The van der Waals surface area contributed by atoms with Crippen LogP contribution in [0, 0.1) is 5.82 Å². The van der Waals surface area contributed by atoms with Crippen LogP contribution in [-0.2, 0) is 0 Å². The predicted molar refractivity (Wildman–Crippen MR) is 74.9 cm³/mol. The van der Waals surface area contributed by atoms with E-state index in [4.69, 9.17) is 5.84 Å². The molecule has 0 aliphatic heterocycles. The zero-order chi connectivity index (χ0) is 13.2. The fourth-order valence-electron chi connectivity index (χ4n) is 2.11. The maximum Gasteiger partial charge on any atom is 0.149 e. The molecule has 3 rings (SSSR count). The molecule has 0 aliphatic rings. The number of aromatic nitrogens is 1. The van der Waals surface area contributed by atoms with Crippen LogP contribution in [0.1, 0.15) is 0 Å². The van der Waals surface area contributed by atoms with E-state index in [1.165, 1.54) is 6.07 Å². The Labute approximate surface area is 109 Å². The lowest BCUT2D eigenvalue weighted by Crippen LogP contribution is -2.10. The molecule has 1 aromatic heterocycles. The quantitative estimate of drug-likeness (QED) is 0.544. The van der Waals surface area contributed by atoms with Crippen molar-refractivity contribution < 1.29 is 4.39 Å². The van der Waals surface area contributed by atoms with E-state index in [-0.39, 0.29) is 5.82 Å². The highest BCUT2D eigenvalue weighted by Crippen LogP contribution is 2.30. The monoisotopic (exact) mass is 253 g/mol. The third-order valence-corrected chi connectivity index (χ3v) is 3.02. The minimum Gasteiger partial charge on any atom is -0.308 e. The Bertz CT molecular complexity index is 726. The van der Waals surface area contributed by atoms with Crippen LogP contribution in [0.25, 0.3) is 22.0 Å². The summed E-state index contributed by atoms with van der Waals surface area (Å²) in [5.41, 5.74) is 4.68. The van der Waals surface area contributed by atoms with Crippen molar-refractivity contribution in [1.82, 2.24) is 4.98 Å². The Kier molecular flexibility index (Phi) is 2.85. The average Bonchev–Trinajstić information content (AvgIpc) is 2.47. The van der Waals surface area contributed by atoms with Crippen molar-refractivity contribution in [1.29, 1.82) is 0 Å². The molecule has 0 saturated heterocycles. The van der Waals surface area contributed by atoms with Crippen LogP contribution in [0.2, 0.25) is 0 Å². The van der Waals surface area contributed by atoms with Gasteiger partial charge in [0.05, 0.1) is 0 Å². The first-order valence-electron chi connectivity index (χ1n) is 5.91. The number of hydrogen-bond acceptors (Lipinski definition) is 3. The second-order valence-corrected chi connectivity index (χ2v) is 4.21. The van der Waals surface area contributed by atoms with E-state index in [0.717, 1.165) is 16.5 Å². The zero-order valence-electron chi connectivity index (χ0n) is 10.1. The number of fused-ring (bicyclic) bond motifs is 1. The Morgan fingerprint density at radius 2 is 1.79 bits per heavy atom. The van der Waals surface area contributed by atoms with Gasteiger partial charge in [0.2, 0.25) is 0 Å². The lowest BCUT2D eigenvalue weighted by molar-refractivity contribution is 0.637. The van der Waals surface area contributed by atoms with E-state index in [1.807, 2.05) is 42.5 Å². The molecule has 0 radical (unpaired) electrons. The number of para-hydroxylation sites is 1. The lowest BCUT2D eigenvalue weighted by atomic mass is 10.0. The molecule has 3 N–H and O–H groups in total. The second-order valence-electron chi connectivity index (χ2n) is 4.21. The number of pyridine rings is 1. The third-order valence-electron chi connectivity index (χ3n) is 3.02. The first kappa shape index (κ1) is 11.6. The van der Waals surface area contributed by atoms with Gasteiger partial charge in [-0.25, -0.2) is 15.2 Å². The smallest absolute Gasteiger partial charge is 0.149 e. The number of halogens is 1. The number of rotatable bonds is 2. The van der Waals surface area contributed by atoms with Gasteiger partial charge in [-0.15, -0.1) is 0 Å². The SMILES string of the molecule is NNc1nc2c(F)cccc2cc1-c1ccccc1. The predicted octanol–water partition coefficient (Wildman–Crippen LogP) is 3.33. The van der Waals surface area contributed by atoms with Crippen LogP contribution < -0.4 is 11.3 Å². The molecule has 4 heteroatoms. The fraction of sp³-hybridized carbons (Fsp3) is 0. The van der Waals surface area contributed by atoms with Gasteiger partial charge in [-0.2, -0.15) is 0 Å². The Morgan fingerprint density at radius 1 is 1.00 bits per heavy atom. The molecule has 0 spiro atoms. The van der Waals surface area contributed by atoms with Gasteiger partial charge < -0.3 is 5.43 Å². The molecule has 0 bridgehead atoms. The number of hydrogen-bond donors (Lipinski definition) is 2. The highest BCUT2D eigenvalue weighted by Gasteiger charge is 2.10. The summed E-state index contributed by atoms with van der Waals surface area (Å²) in [4.78, 5) is 4.26. The summed E-state index contributed by atoms with van der Waals surface area (Å²) in [7, 11) is 0. The molecule has 0 saturated carbocycles. The number of nitrogens with two attached hydrogens (primary N) is 1. The molecule has 0 atom stereocenters. The largest absolute Gasteiger partial charge is 0.308 e. The van der Waals surface area contributed by atoms with E-state index >= 15 is 0 Å². The molecule has 3 nitrogen and oxygen atoms in total. The van der Waals surface area contributed by atoms with Gasteiger partial charge in [-0.3, -0.25) is 0 Å². The topological polar surface area (TPSA) is 50.9 Å². The molecular formula is C15H12FN3. The number of benzene rings is 2. The van der Waals surface area contributed by atoms with Gasteiger partial charge in [0.1, 0.15) is 17.2 Å². The Hall–Kier alpha value is -2.46. The molecule has 0 aliphatic carbocycles. The van der Waals surface area contributed by atoms with Crippen molar-refractivity contribution >= 4 is 16.7 Å². The van der Waals surface area contributed by atoms with Crippen LogP contribution in [0.3, 0.4) is 0 Å². The summed E-state index contributed by atoms with van der Waals surface area (Å²) in [6.07, 6.45) is 0. The van der Waals surface area contributed by atoms with Crippen molar-refractivity contribution in [3.8, 4) is 11.1 Å². The third kappa shape index (κ3) is 2.02. The normalized spacial score (nSPS) is 10.6. The van der Waals surface area contributed by atoms with E-state index in [1.54, 1.807) is 6.07 Å². The number of nitrogens with zero attached hydrogens (tertiary/aromatic N) is 1. The van der Waals surface area contributed by atoms with Crippen molar-refractivity contribution in [2.45, 2.75) is 0 Å². The van der Waals surface area contributed by atoms with Crippen LogP contribution in [0.5, 0.6) is 0 Å². The van der Waals surface area contributed by atoms with Crippen molar-refractivity contribution in [2.75, 3.05) is 5.43 Å². The number of nitrogens with one attached hydrogen (secondary N) is 1. The van der Waals surface area contributed by atoms with Crippen LogP contribution in [0.15, 0.2) is 54.6 Å². The molecule has 0 amide bonds. The Morgan fingerprint density at radius 3 is 2.53 bits per heavy atom. The van der Waals surface area contributed by atoms with E-state index < -0.39 is 0 Å². The molecule has 3 aromatic rings. The van der Waals surface area contributed by atoms with Gasteiger partial charge in [0.25, 0.3) is 0 Å². The highest BCUT2D eigenvalue weighted by molar-refractivity contribution is 5.89. The first-order chi connectivity index (χ1) is 9.29. The minimum atomic E-state index is -0.353. The number of hydrazine groups is 1. The molecular weight excluding hydrogens is 241 g/mol. The first-order valence-corrected chi connectivity index (χ1v) is 5.91. The zero-order valence-corrected chi connectivity index (χ0v) is 10.1. The molecule has 94 valence electrons. The number of nitrogen functional groups attached to an aromatic ring is 1. The molecule has 19 heavy (non-hydrogen) atoms. The summed E-state index contributed by atoms with van der Waals surface area (Å²) in [5.74, 6) is 5.60. The van der Waals surface area contributed by atoms with Crippen molar-refractivity contribution in [3.05, 3.63) is 60.4 Å². The molecule has 2 aromatic carbocycles. The van der Waals surface area contributed by atoms with Crippen molar-refractivity contribution in [2.24, 2.45) is 5.84 Å². The highest BCUT2D eigenvalue weighted by atomic mass is 19.1. The standard InChI is InChI=1S/C15H12FN3/c16-13-8-4-7-11-9-12(10-5-2-1-3-6-10)15(19-17)18-14(11)13/h1-9H,17H2,(H,18,19). The summed E-state index contributed by atoms with van der Waals surface area (Å²) >= 11 is 0. The minimum absolute atomic E-state index is 0.315. The summed E-state index contributed by atoms with van der Waals surface area (Å²) in [6, 6.07) is 16.5. The number of anilines is 1. The van der Waals surface area contributed by atoms with Crippen molar-refractivity contribution in [3.63, 3.8) is 0 Å². The van der Waals surface area contributed by atoms with Gasteiger partial charge in [-0.05, 0) is 17.7 Å². The summed E-state index contributed by atoms with van der Waals surface area (Å²) < 4.78 is 13.7. The fourth-order valence-corrected chi connectivity index (χ4v) is 2.11. The Balaban J connectivity index is 2.30. The molecule has 1 heterocycles.